The van der Waals surface area contributed by atoms with Crippen LogP contribution in [-0.4, -0.2) is 16.6 Å². The van der Waals surface area contributed by atoms with Gasteiger partial charge < -0.3 is 5.32 Å². The van der Waals surface area contributed by atoms with E-state index in [-0.39, 0.29) is 17.3 Å². The van der Waals surface area contributed by atoms with Crippen LogP contribution in [0.15, 0.2) is 56.3 Å². The van der Waals surface area contributed by atoms with E-state index in [1.807, 2.05) is 12.1 Å². The predicted molar refractivity (Wildman–Crippen MR) is 94.3 cm³/mol. The monoisotopic (exact) mass is 444 g/mol. The number of nitro benzene ring substituents is 1. The smallest absolute Gasteiger partial charge is 0.269 e. The number of nitro groups is 1. The van der Waals surface area contributed by atoms with Crippen molar-refractivity contribution in [2.45, 2.75) is 4.90 Å². The van der Waals surface area contributed by atoms with Crippen LogP contribution in [0.2, 0.25) is 0 Å². The molecule has 0 aromatic heterocycles. The highest BCUT2D eigenvalue weighted by Crippen LogP contribution is 2.27. The molecule has 5 nitrogen and oxygen atoms in total. The maximum Gasteiger partial charge on any atom is 0.269 e. The standard InChI is InChI=1S/C14H10Br2N2O3S/c15-9-1-6-13(12(16)7-9)17-14(19)8-22-11-4-2-10(3-5-11)18(20)21/h1-7H,8H2,(H,17,19). The number of carbonyl (C=O) groups excluding carboxylic acids is 1. The second kappa shape index (κ2) is 7.75. The van der Waals surface area contributed by atoms with Gasteiger partial charge in [0, 0.05) is 26.0 Å². The Morgan fingerprint density at radius 1 is 1.18 bits per heavy atom. The van der Waals surface area contributed by atoms with Crippen molar-refractivity contribution in [1.29, 1.82) is 0 Å². The van der Waals surface area contributed by atoms with Crippen LogP contribution in [0.3, 0.4) is 0 Å². The number of hydrogen-bond donors (Lipinski definition) is 1. The van der Waals surface area contributed by atoms with Crippen molar-refractivity contribution in [1.82, 2.24) is 0 Å². The van der Waals surface area contributed by atoms with Gasteiger partial charge in [0.15, 0.2) is 0 Å². The minimum atomic E-state index is -0.452. The highest BCUT2D eigenvalue weighted by molar-refractivity contribution is 9.11. The van der Waals surface area contributed by atoms with Crippen LogP contribution in [0, 0.1) is 10.1 Å². The first kappa shape index (κ1) is 17.0. The molecule has 22 heavy (non-hydrogen) atoms. The van der Waals surface area contributed by atoms with Crippen LogP contribution < -0.4 is 5.32 Å². The van der Waals surface area contributed by atoms with Gasteiger partial charge in [0.2, 0.25) is 5.91 Å². The van der Waals surface area contributed by atoms with Gasteiger partial charge >= 0.3 is 0 Å². The molecule has 114 valence electrons. The third-order valence-corrected chi connectivity index (χ3v) is 4.78. The number of rotatable bonds is 5. The summed E-state index contributed by atoms with van der Waals surface area (Å²) in [6, 6.07) is 11.6. The topological polar surface area (TPSA) is 72.2 Å². The Bertz CT molecular complexity index is 708. The molecule has 2 aromatic rings. The van der Waals surface area contributed by atoms with Crippen molar-refractivity contribution in [3.8, 4) is 0 Å². The van der Waals surface area contributed by atoms with Crippen LogP contribution in [0.1, 0.15) is 0 Å². The van der Waals surface area contributed by atoms with E-state index in [0.29, 0.717) is 5.69 Å². The average Bonchev–Trinajstić information content (AvgIpc) is 2.48. The van der Waals surface area contributed by atoms with Gasteiger partial charge in [-0.15, -0.1) is 11.8 Å². The van der Waals surface area contributed by atoms with E-state index in [4.69, 9.17) is 0 Å². The molecule has 1 amide bonds. The van der Waals surface area contributed by atoms with Gasteiger partial charge in [0.05, 0.1) is 16.4 Å². The molecule has 8 heteroatoms. The van der Waals surface area contributed by atoms with E-state index in [2.05, 4.69) is 37.2 Å². The third kappa shape index (κ3) is 4.82. The van der Waals surface area contributed by atoms with E-state index in [9.17, 15) is 14.9 Å². The normalized spacial score (nSPS) is 10.3. The van der Waals surface area contributed by atoms with E-state index < -0.39 is 4.92 Å². The number of carbonyl (C=O) groups is 1. The predicted octanol–water partition coefficient (Wildman–Crippen LogP) is 4.85. The van der Waals surface area contributed by atoms with Crippen LogP contribution in [-0.2, 0) is 4.79 Å². The fourth-order valence-corrected chi connectivity index (χ4v) is 3.43. The Hall–Kier alpha value is -1.38. The van der Waals surface area contributed by atoms with E-state index in [1.165, 1.54) is 23.9 Å². The van der Waals surface area contributed by atoms with Crippen molar-refractivity contribution >= 4 is 60.9 Å². The quantitative estimate of drug-likeness (QED) is 0.405. The van der Waals surface area contributed by atoms with Crippen LogP contribution in [0.25, 0.3) is 0 Å². The minimum absolute atomic E-state index is 0.0348. The molecule has 2 aromatic carbocycles. The zero-order valence-corrected chi connectivity index (χ0v) is 15.1. The summed E-state index contributed by atoms with van der Waals surface area (Å²) in [5, 5.41) is 13.4. The van der Waals surface area contributed by atoms with E-state index >= 15 is 0 Å². The van der Waals surface area contributed by atoms with Gasteiger partial charge in [-0.2, -0.15) is 0 Å². The first-order valence-corrected chi connectivity index (χ1v) is 8.65. The Balaban J connectivity index is 1.91. The summed E-state index contributed by atoms with van der Waals surface area (Å²) in [4.78, 5) is 22.8. The Morgan fingerprint density at radius 3 is 2.45 bits per heavy atom. The van der Waals surface area contributed by atoms with Gasteiger partial charge in [0.25, 0.3) is 5.69 Å². The van der Waals surface area contributed by atoms with Crippen LogP contribution in [0.4, 0.5) is 11.4 Å². The second-order valence-electron chi connectivity index (χ2n) is 4.21. The highest BCUT2D eigenvalue weighted by Gasteiger charge is 2.08. The molecule has 0 aliphatic rings. The summed E-state index contributed by atoms with van der Waals surface area (Å²) in [6.07, 6.45) is 0. The van der Waals surface area contributed by atoms with Crippen molar-refractivity contribution in [2.75, 3.05) is 11.1 Å². The Morgan fingerprint density at radius 2 is 1.86 bits per heavy atom. The van der Waals surface area contributed by atoms with Crippen LogP contribution >= 0.6 is 43.6 Å². The third-order valence-electron chi connectivity index (χ3n) is 2.62. The number of nitrogens with one attached hydrogen (secondary N) is 1. The van der Waals surface area contributed by atoms with Crippen molar-refractivity contribution in [3.63, 3.8) is 0 Å². The molecular weight excluding hydrogens is 436 g/mol. The Kier molecular flexibility index (Phi) is 5.98. The number of non-ortho nitro benzene ring substituents is 1. The molecule has 0 fully saturated rings. The number of anilines is 1. The number of halogens is 2. The maximum absolute atomic E-state index is 11.9. The molecule has 0 radical (unpaired) electrons. The van der Waals surface area contributed by atoms with Crippen molar-refractivity contribution in [2.24, 2.45) is 0 Å². The molecule has 0 unspecified atom stereocenters. The number of hydrogen-bond acceptors (Lipinski definition) is 4. The number of thioether (sulfide) groups is 1. The van der Waals surface area contributed by atoms with Crippen molar-refractivity contribution < 1.29 is 9.72 Å². The lowest BCUT2D eigenvalue weighted by atomic mass is 10.3. The molecule has 0 spiro atoms. The molecule has 0 saturated heterocycles. The van der Waals surface area contributed by atoms with E-state index in [1.54, 1.807) is 18.2 Å². The Labute approximate surface area is 147 Å². The summed E-state index contributed by atoms with van der Waals surface area (Å²) in [7, 11) is 0. The SMILES string of the molecule is O=C(CSc1ccc([N+](=O)[O-])cc1)Nc1ccc(Br)cc1Br. The summed E-state index contributed by atoms with van der Waals surface area (Å²) >= 11 is 8.04. The number of benzene rings is 2. The molecule has 0 saturated carbocycles. The fourth-order valence-electron chi connectivity index (χ4n) is 1.59. The lowest BCUT2D eigenvalue weighted by Gasteiger charge is -2.07. The lowest BCUT2D eigenvalue weighted by Crippen LogP contribution is -2.14. The fraction of sp³-hybridized carbons (Fsp3) is 0.0714. The summed E-state index contributed by atoms with van der Waals surface area (Å²) in [5.41, 5.74) is 0.727. The molecule has 1 N–H and O–H groups in total. The average molecular weight is 446 g/mol. The minimum Gasteiger partial charge on any atom is -0.324 e. The highest BCUT2D eigenvalue weighted by atomic mass is 79.9. The largest absolute Gasteiger partial charge is 0.324 e. The lowest BCUT2D eigenvalue weighted by molar-refractivity contribution is -0.384. The second-order valence-corrected chi connectivity index (χ2v) is 7.03. The first-order valence-electron chi connectivity index (χ1n) is 6.08. The first-order chi connectivity index (χ1) is 10.5. The van der Waals surface area contributed by atoms with Crippen molar-refractivity contribution in [3.05, 3.63) is 61.5 Å². The molecule has 0 atom stereocenters. The van der Waals surface area contributed by atoms with Gasteiger partial charge in [-0.25, -0.2) is 0 Å². The molecule has 0 aliphatic carbocycles. The van der Waals surface area contributed by atoms with Gasteiger partial charge in [-0.1, -0.05) is 15.9 Å². The zero-order chi connectivity index (χ0) is 16.1. The molecule has 0 bridgehead atoms. The van der Waals surface area contributed by atoms with Crippen LogP contribution in [0.5, 0.6) is 0 Å². The zero-order valence-electron chi connectivity index (χ0n) is 11.1. The number of amides is 1. The maximum atomic E-state index is 11.9. The van der Waals surface area contributed by atoms with Gasteiger partial charge in [-0.05, 0) is 46.3 Å². The number of nitrogens with zero attached hydrogens (tertiary/aromatic N) is 1. The molecular formula is C14H10Br2N2O3S. The summed E-state index contributed by atoms with van der Waals surface area (Å²) in [5.74, 6) is 0.0757. The molecule has 0 aliphatic heterocycles. The summed E-state index contributed by atoms with van der Waals surface area (Å²) in [6.45, 7) is 0. The molecule has 2 rings (SSSR count). The molecule has 0 heterocycles. The summed E-state index contributed by atoms with van der Waals surface area (Å²) < 4.78 is 1.70. The van der Waals surface area contributed by atoms with E-state index in [0.717, 1.165) is 13.8 Å². The van der Waals surface area contributed by atoms with Gasteiger partial charge in [-0.3, -0.25) is 14.9 Å². The van der Waals surface area contributed by atoms with Gasteiger partial charge in [0.1, 0.15) is 0 Å².